The van der Waals surface area contributed by atoms with E-state index in [0.717, 1.165) is 16.8 Å². The average Bonchev–Trinajstić information content (AvgIpc) is 3.40. The summed E-state index contributed by atoms with van der Waals surface area (Å²) in [6, 6.07) is 6.23. The Morgan fingerprint density at radius 1 is 1.09 bits per heavy atom. The van der Waals surface area contributed by atoms with Crippen LogP contribution in [-0.4, -0.2) is 77.6 Å². The molecule has 11 heteroatoms. The maximum absolute atomic E-state index is 13.3. The van der Waals surface area contributed by atoms with Gasteiger partial charge in [-0.05, 0) is 49.4 Å². The molecule has 1 aromatic heterocycles. The molecule has 1 aliphatic carbocycles. The minimum absolute atomic E-state index is 0.00698. The topological polar surface area (TPSA) is 86.9 Å². The number of aryl methyl sites for hydroxylation is 1. The number of aromatic nitrogens is 3. The molecule has 3 heterocycles. The molecule has 2 aliphatic heterocycles. The molecule has 2 unspecified atom stereocenters. The second kappa shape index (κ2) is 8.15. The fourth-order valence-corrected chi connectivity index (χ4v) is 6.00. The summed E-state index contributed by atoms with van der Waals surface area (Å²) in [5.41, 5.74) is 3.02. The number of hydrogen-bond donors (Lipinski definition) is 0. The number of likely N-dealkylation sites (N-methyl/N-ethyl adjacent to an activating group) is 1. The van der Waals surface area contributed by atoms with Crippen LogP contribution >= 0.6 is 0 Å². The van der Waals surface area contributed by atoms with Crippen molar-refractivity contribution in [1.82, 2.24) is 24.2 Å². The molecule has 0 spiro atoms. The monoisotopic (exact) mass is 471 g/mol. The first-order chi connectivity index (χ1) is 15.7. The van der Waals surface area contributed by atoms with Gasteiger partial charge in [0.25, 0.3) is 10.0 Å². The van der Waals surface area contributed by atoms with Crippen LogP contribution in [0.2, 0.25) is 0 Å². The molecule has 0 radical (unpaired) electrons. The SMILES string of the molecule is CC1=CC2C(C=NN2c2ccc(F)cc2)C=C1[C@H]1CN(S(=O)(=O)c2cnn(C)n2)CCN1C. The van der Waals surface area contributed by atoms with Crippen LogP contribution in [-0.2, 0) is 17.1 Å². The number of fused-ring (bicyclic) bond motifs is 1. The van der Waals surface area contributed by atoms with Gasteiger partial charge in [0.05, 0.1) is 17.9 Å². The Morgan fingerprint density at radius 3 is 2.55 bits per heavy atom. The van der Waals surface area contributed by atoms with Gasteiger partial charge in [-0.15, -0.1) is 5.10 Å². The van der Waals surface area contributed by atoms with E-state index in [-0.39, 0.29) is 28.8 Å². The maximum atomic E-state index is 13.3. The molecule has 0 bridgehead atoms. The van der Waals surface area contributed by atoms with E-state index in [1.807, 2.05) is 25.2 Å². The Balaban J connectivity index is 1.39. The highest BCUT2D eigenvalue weighted by Crippen LogP contribution is 2.36. The van der Waals surface area contributed by atoms with Gasteiger partial charge >= 0.3 is 0 Å². The minimum atomic E-state index is -3.72. The lowest BCUT2D eigenvalue weighted by atomic mass is 9.84. The van der Waals surface area contributed by atoms with Crippen molar-refractivity contribution in [3.63, 3.8) is 0 Å². The van der Waals surface area contributed by atoms with E-state index in [4.69, 9.17) is 0 Å². The molecule has 3 atom stereocenters. The van der Waals surface area contributed by atoms with Crippen LogP contribution in [0.3, 0.4) is 0 Å². The van der Waals surface area contributed by atoms with Crippen LogP contribution in [0.1, 0.15) is 6.92 Å². The zero-order valence-corrected chi connectivity index (χ0v) is 19.5. The fourth-order valence-electron chi connectivity index (χ4n) is 4.68. The van der Waals surface area contributed by atoms with Crippen molar-refractivity contribution in [1.29, 1.82) is 0 Å². The Labute approximate surface area is 192 Å². The van der Waals surface area contributed by atoms with E-state index in [1.54, 1.807) is 19.2 Å². The van der Waals surface area contributed by atoms with Crippen LogP contribution in [0, 0.1) is 11.7 Å². The first-order valence-corrected chi connectivity index (χ1v) is 12.2. The Kier molecular flexibility index (Phi) is 5.42. The second-order valence-corrected chi connectivity index (χ2v) is 10.5. The molecular weight excluding hydrogens is 445 g/mol. The third-order valence-electron chi connectivity index (χ3n) is 6.53. The Morgan fingerprint density at radius 2 is 1.85 bits per heavy atom. The van der Waals surface area contributed by atoms with Gasteiger partial charge in [-0.25, -0.2) is 12.8 Å². The van der Waals surface area contributed by atoms with Crippen molar-refractivity contribution in [2.75, 3.05) is 31.7 Å². The highest BCUT2D eigenvalue weighted by Gasteiger charge is 2.39. The molecule has 174 valence electrons. The molecule has 5 rings (SSSR count). The number of anilines is 1. The van der Waals surface area contributed by atoms with E-state index in [0.29, 0.717) is 19.6 Å². The number of rotatable bonds is 4. The number of sulfonamides is 1. The van der Waals surface area contributed by atoms with Crippen molar-refractivity contribution in [2.24, 2.45) is 18.1 Å². The van der Waals surface area contributed by atoms with Gasteiger partial charge in [-0.2, -0.15) is 19.3 Å². The molecule has 1 fully saturated rings. The summed E-state index contributed by atoms with van der Waals surface area (Å²) >= 11 is 0. The summed E-state index contributed by atoms with van der Waals surface area (Å²) in [6.45, 7) is 3.39. The zero-order valence-electron chi connectivity index (χ0n) is 18.7. The van der Waals surface area contributed by atoms with Crippen molar-refractivity contribution in [3.8, 4) is 0 Å². The summed E-state index contributed by atoms with van der Waals surface area (Å²) in [7, 11) is -0.102. The smallest absolute Gasteiger partial charge is 0.264 e. The van der Waals surface area contributed by atoms with Gasteiger partial charge in [0, 0.05) is 44.9 Å². The number of nitrogens with zero attached hydrogens (tertiary/aromatic N) is 7. The fraction of sp³-hybridized carbons (Fsp3) is 0.409. The van der Waals surface area contributed by atoms with Gasteiger partial charge in [0.2, 0.25) is 5.03 Å². The molecular formula is C22H26FN7O2S. The van der Waals surface area contributed by atoms with E-state index >= 15 is 0 Å². The number of hydrogen-bond acceptors (Lipinski definition) is 7. The molecule has 1 aromatic carbocycles. The molecule has 3 aliphatic rings. The van der Waals surface area contributed by atoms with Gasteiger partial charge < -0.3 is 0 Å². The van der Waals surface area contributed by atoms with Crippen LogP contribution in [0.15, 0.2) is 63.9 Å². The Bertz CT molecular complexity index is 1250. The quantitative estimate of drug-likeness (QED) is 0.674. The van der Waals surface area contributed by atoms with E-state index in [1.165, 1.54) is 27.4 Å². The lowest BCUT2D eigenvalue weighted by Gasteiger charge is -2.41. The minimum Gasteiger partial charge on any atom is -0.297 e. The number of benzene rings is 1. The van der Waals surface area contributed by atoms with Crippen molar-refractivity contribution >= 4 is 21.9 Å². The summed E-state index contributed by atoms with van der Waals surface area (Å²) in [6.07, 6.45) is 7.54. The van der Waals surface area contributed by atoms with Gasteiger partial charge in [0.1, 0.15) is 5.82 Å². The number of hydrazone groups is 1. The molecule has 0 N–H and O–H groups in total. The van der Waals surface area contributed by atoms with Gasteiger partial charge in [-0.1, -0.05) is 12.2 Å². The van der Waals surface area contributed by atoms with Crippen LogP contribution in [0.25, 0.3) is 0 Å². The van der Waals surface area contributed by atoms with E-state index in [2.05, 4.69) is 32.4 Å². The van der Waals surface area contributed by atoms with Gasteiger partial charge in [0.15, 0.2) is 0 Å². The summed E-state index contributed by atoms with van der Waals surface area (Å²) in [4.78, 5) is 3.44. The number of halogens is 1. The number of piperazine rings is 1. The average molecular weight is 472 g/mol. The van der Waals surface area contributed by atoms with E-state index in [9.17, 15) is 12.8 Å². The predicted octanol–water partition coefficient (Wildman–Crippen LogP) is 1.64. The van der Waals surface area contributed by atoms with Crippen molar-refractivity contribution in [3.05, 3.63) is 59.6 Å². The molecule has 33 heavy (non-hydrogen) atoms. The standard InChI is InChI=1S/C22H26FN7O2S/c1-15-10-20-16(12-25-30(20)18-6-4-17(23)5-7-18)11-19(15)21-14-29(9-8-27(21)2)33(31,32)22-13-24-28(3)26-22/h4-7,10-13,16,20-21H,8-9,14H2,1-3H3/t16?,20?,21-/m1/s1. The largest absolute Gasteiger partial charge is 0.297 e. The first kappa shape index (κ1) is 21.9. The van der Waals surface area contributed by atoms with Gasteiger partial charge in [-0.3, -0.25) is 9.91 Å². The van der Waals surface area contributed by atoms with Crippen LogP contribution in [0.5, 0.6) is 0 Å². The predicted molar refractivity (Wildman–Crippen MR) is 123 cm³/mol. The van der Waals surface area contributed by atoms with Crippen molar-refractivity contribution in [2.45, 2.75) is 24.0 Å². The molecule has 1 saturated heterocycles. The summed E-state index contributed by atoms with van der Waals surface area (Å²) in [5.74, 6) is -0.230. The first-order valence-electron chi connectivity index (χ1n) is 10.8. The highest BCUT2D eigenvalue weighted by molar-refractivity contribution is 7.89. The lowest BCUT2D eigenvalue weighted by Crippen LogP contribution is -2.54. The van der Waals surface area contributed by atoms with Crippen molar-refractivity contribution < 1.29 is 12.8 Å². The molecule has 9 nitrogen and oxygen atoms in total. The third-order valence-corrected chi connectivity index (χ3v) is 8.26. The second-order valence-electron chi connectivity index (χ2n) is 8.66. The summed E-state index contributed by atoms with van der Waals surface area (Å²) in [5, 5.41) is 14.4. The molecule has 2 aromatic rings. The van der Waals surface area contributed by atoms with Crippen LogP contribution in [0.4, 0.5) is 10.1 Å². The maximum Gasteiger partial charge on any atom is 0.264 e. The lowest BCUT2D eigenvalue weighted by molar-refractivity contribution is 0.170. The normalized spacial score (nSPS) is 26.3. The van der Waals surface area contributed by atoms with E-state index < -0.39 is 10.0 Å². The molecule has 0 amide bonds. The summed E-state index contributed by atoms with van der Waals surface area (Å²) < 4.78 is 41.1. The highest BCUT2D eigenvalue weighted by atomic mass is 32.2. The Hall–Kier alpha value is -2.89. The van der Waals surface area contributed by atoms with Crippen LogP contribution < -0.4 is 5.01 Å². The zero-order chi connectivity index (χ0) is 23.3. The third kappa shape index (κ3) is 3.90. The molecule has 0 saturated carbocycles.